The molecule has 0 spiro atoms. The Morgan fingerprint density at radius 2 is 1.82 bits per heavy atom. The highest BCUT2D eigenvalue weighted by atomic mass is 32.1. The highest BCUT2D eigenvalue weighted by molar-refractivity contribution is 7.22. The number of thiazole rings is 1. The molecular formula is C35H36N2O7S. The molecule has 3 aromatic carbocycles. The van der Waals surface area contributed by atoms with Crippen LogP contribution in [-0.2, 0) is 16.0 Å². The van der Waals surface area contributed by atoms with Gasteiger partial charge in [-0.05, 0) is 86.8 Å². The average molecular weight is 629 g/mol. The summed E-state index contributed by atoms with van der Waals surface area (Å²) in [5.74, 6) is 0.672. The fourth-order valence-corrected chi connectivity index (χ4v) is 6.75. The summed E-state index contributed by atoms with van der Waals surface area (Å²) in [6.45, 7) is 9.30. The van der Waals surface area contributed by atoms with Crippen molar-refractivity contribution in [3.8, 4) is 23.0 Å². The van der Waals surface area contributed by atoms with Crippen LogP contribution in [0.3, 0.4) is 0 Å². The first-order valence-corrected chi connectivity index (χ1v) is 16.2. The van der Waals surface area contributed by atoms with Crippen LogP contribution in [0.5, 0.6) is 23.0 Å². The molecule has 1 N–H and O–H groups in total. The molecule has 2 atom stereocenters. The number of amides is 1. The van der Waals surface area contributed by atoms with Crippen LogP contribution < -0.4 is 23.8 Å². The number of nitrogens with zero attached hydrogens (tertiary/aromatic N) is 2. The summed E-state index contributed by atoms with van der Waals surface area (Å²) in [5.41, 5.74) is 2.59. The molecule has 3 heterocycles. The smallest absolute Gasteiger partial charge is 0.301 e. The van der Waals surface area contributed by atoms with Crippen LogP contribution in [0.2, 0.25) is 0 Å². The first-order valence-electron chi connectivity index (χ1n) is 15.4. The normalized spacial score (nSPS) is 18.7. The van der Waals surface area contributed by atoms with Gasteiger partial charge in [0.25, 0.3) is 5.78 Å². The van der Waals surface area contributed by atoms with Gasteiger partial charge in [-0.2, -0.15) is 0 Å². The van der Waals surface area contributed by atoms with Gasteiger partial charge in [0, 0.05) is 12.0 Å². The van der Waals surface area contributed by atoms with Gasteiger partial charge in [0.1, 0.15) is 23.4 Å². The number of anilines is 1. The lowest BCUT2D eigenvalue weighted by atomic mass is 9.94. The summed E-state index contributed by atoms with van der Waals surface area (Å²) in [6, 6.07) is 15.2. The minimum Gasteiger partial charge on any atom is -0.507 e. The van der Waals surface area contributed by atoms with Crippen LogP contribution >= 0.6 is 11.3 Å². The van der Waals surface area contributed by atoms with Gasteiger partial charge in [0.15, 0.2) is 16.6 Å². The van der Waals surface area contributed by atoms with E-state index < -0.39 is 17.7 Å². The van der Waals surface area contributed by atoms with Gasteiger partial charge in [0.05, 0.1) is 41.7 Å². The summed E-state index contributed by atoms with van der Waals surface area (Å²) in [6.07, 6.45) is 2.57. The molecule has 0 saturated carbocycles. The molecule has 1 saturated heterocycles. The second-order valence-electron chi connectivity index (χ2n) is 11.0. The first kappa shape index (κ1) is 30.5. The third-order valence-corrected chi connectivity index (χ3v) is 8.84. The molecule has 0 bridgehead atoms. The molecule has 0 radical (unpaired) electrons. The Hall–Kier alpha value is -4.57. The van der Waals surface area contributed by atoms with E-state index in [0.717, 1.165) is 28.9 Å². The molecule has 45 heavy (non-hydrogen) atoms. The van der Waals surface area contributed by atoms with Crippen molar-refractivity contribution >= 4 is 44.1 Å². The van der Waals surface area contributed by atoms with E-state index in [4.69, 9.17) is 23.9 Å². The lowest BCUT2D eigenvalue weighted by Crippen LogP contribution is -2.29. The van der Waals surface area contributed by atoms with E-state index in [1.54, 1.807) is 30.3 Å². The number of aliphatic hydroxyl groups is 1. The largest absolute Gasteiger partial charge is 0.507 e. The van der Waals surface area contributed by atoms with Crippen molar-refractivity contribution < 1.29 is 33.6 Å². The zero-order valence-corrected chi connectivity index (χ0v) is 26.6. The van der Waals surface area contributed by atoms with Gasteiger partial charge in [-0.3, -0.25) is 14.5 Å². The molecule has 9 nitrogen and oxygen atoms in total. The van der Waals surface area contributed by atoms with E-state index in [1.807, 2.05) is 45.0 Å². The maximum Gasteiger partial charge on any atom is 0.301 e. The number of ether oxygens (including phenoxy) is 4. The van der Waals surface area contributed by atoms with Crippen molar-refractivity contribution in [2.24, 2.45) is 0 Å². The van der Waals surface area contributed by atoms with Gasteiger partial charge in [0.2, 0.25) is 0 Å². The van der Waals surface area contributed by atoms with Crippen molar-refractivity contribution in [3.63, 3.8) is 0 Å². The van der Waals surface area contributed by atoms with E-state index in [-0.39, 0.29) is 17.4 Å². The maximum absolute atomic E-state index is 13.9. The Kier molecular flexibility index (Phi) is 8.67. The summed E-state index contributed by atoms with van der Waals surface area (Å²) in [7, 11) is 0. The van der Waals surface area contributed by atoms with E-state index in [1.165, 1.54) is 16.2 Å². The van der Waals surface area contributed by atoms with Gasteiger partial charge in [-0.15, -0.1) is 0 Å². The van der Waals surface area contributed by atoms with E-state index in [9.17, 15) is 14.7 Å². The Morgan fingerprint density at radius 1 is 1.00 bits per heavy atom. The molecule has 4 aromatic rings. The van der Waals surface area contributed by atoms with Gasteiger partial charge < -0.3 is 24.1 Å². The standard InChI is InChI=1S/C35H36N2O7S/c1-5-8-15-43-27-14-9-21(18-28(27)42-7-3)31-30(32(38)22-10-13-26-23(17-22)16-20(4)44-26)33(39)34(40)37(31)35-36-25-12-11-24(41-6-2)19-29(25)45-35/h9-14,17-20,31,38H,5-8,15-16H2,1-4H3/b32-30+/t20-,31-/m1/s1. The number of aromatic nitrogens is 1. The molecule has 234 valence electrons. The third-order valence-electron chi connectivity index (χ3n) is 7.82. The number of Topliss-reactive ketones (excluding diaryl/α,β-unsaturated/α-hetero) is 1. The van der Waals surface area contributed by atoms with Crippen molar-refractivity contribution in [3.05, 3.63) is 76.9 Å². The lowest BCUT2D eigenvalue weighted by Gasteiger charge is -2.24. The summed E-state index contributed by atoms with van der Waals surface area (Å²) >= 11 is 1.28. The highest BCUT2D eigenvalue weighted by Crippen LogP contribution is 2.46. The van der Waals surface area contributed by atoms with Gasteiger partial charge >= 0.3 is 5.91 Å². The quantitative estimate of drug-likeness (QED) is 0.0803. The highest BCUT2D eigenvalue weighted by Gasteiger charge is 2.48. The van der Waals surface area contributed by atoms with Crippen LogP contribution in [0, 0.1) is 0 Å². The zero-order valence-electron chi connectivity index (χ0n) is 25.8. The fourth-order valence-electron chi connectivity index (χ4n) is 5.73. The number of carbonyl (C=O) groups is 2. The predicted octanol–water partition coefficient (Wildman–Crippen LogP) is 7.22. The zero-order chi connectivity index (χ0) is 31.7. The third kappa shape index (κ3) is 5.82. The lowest BCUT2D eigenvalue weighted by molar-refractivity contribution is -0.132. The topological polar surface area (TPSA) is 107 Å². The Balaban J connectivity index is 1.50. The second-order valence-corrected chi connectivity index (χ2v) is 12.0. The van der Waals surface area contributed by atoms with Crippen molar-refractivity contribution in [2.45, 2.75) is 59.1 Å². The van der Waals surface area contributed by atoms with E-state index in [2.05, 4.69) is 6.92 Å². The van der Waals surface area contributed by atoms with Crippen LogP contribution in [0.15, 0.2) is 60.2 Å². The summed E-state index contributed by atoms with van der Waals surface area (Å²) in [5, 5.41) is 12.1. The summed E-state index contributed by atoms with van der Waals surface area (Å²) in [4.78, 5) is 33.8. The number of rotatable bonds is 11. The molecule has 0 aliphatic carbocycles. The van der Waals surface area contributed by atoms with Crippen LogP contribution in [0.25, 0.3) is 16.0 Å². The fraction of sp³-hybridized carbons (Fsp3) is 0.343. The van der Waals surface area contributed by atoms with Gasteiger partial charge in [-0.1, -0.05) is 30.7 Å². The minimum absolute atomic E-state index is 0.0142. The molecule has 1 amide bonds. The van der Waals surface area contributed by atoms with E-state index in [0.29, 0.717) is 65.3 Å². The molecular weight excluding hydrogens is 592 g/mol. The number of benzene rings is 3. The molecule has 1 fully saturated rings. The van der Waals surface area contributed by atoms with Crippen molar-refractivity contribution in [1.82, 2.24) is 4.98 Å². The molecule has 1 aromatic heterocycles. The van der Waals surface area contributed by atoms with Crippen molar-refractivity contribution in [2.75, 3.05) is 24.7 Å². The molecule has 0 unspecified atom stereocenters. The number of unbranched alkanes of at least 4 members (excludes halogenated alkanes) is 1. The van der Waals surface area contributed by atoms with Gasteiger partial charge in [-0.25, -0.2) is 4.98 Å². The number of ketones is 1. The number of fused-ring (bicyclic) bond motifs is 2. The van der Waals surface area contributed by atoms with E-state index >= 15 is 0 Å². The maximum atomic E-state index is 13.9. The van der Waals surface area contributed by atoms with Crippen LogP contribution in [0.4, 0.5) is 5.13 Å². The SMILES string of the molecule is CCCCOc1ccc([C@@H]2/C(=C(\O)c3ccc4c(c3)C[C@@H](C)O4)C(=O)C(=O)N2c2nc3ccc(OCC)cc3s2)cc1OCC. The average Bonchev–Trinajstić information content (AvgIpc) is 3.69. The first-order chi connectivity index (χ1) is 21.8. The Bertz CT molecular complexity index is 1800. The second kappa shape index (κ2) is 12.8. The van der Waals surface area contributed by atoms with Crippen LogP contribution in [0.1, 0.15) is 63.3 Å². The molecule has 2 aliphatic heterocycles. The van der Waals surface area contributed by atoms with Crippen LogP contribution in [-0.4, -0.2) is 47.7 Å². The number of hydrogen-bond acceptors (Lipinski definition) is 9. The number of hydrogen-bond donors (Lipinski definition) is 1. The number of aliphatic hydroxyl groups excluding tert-OH is 1. The molecule has 6 rings (SSSR count). The molecule has 10 heteroatoms. The monoisotopic (exact) mass is 628 g/mol. The molecule has 2 aliphatic rings. The Labute approximate surface area is 266 Å². The predicted molar refractivity (Wildman–Crippen MR) is 174 cm³/mol. The minimum atomic E-state index is -0.968. The Morgan fingerprint density at radius 3 is 2.60 bits per heavy atom. The number of carbonyl (C=O) groups excluding carboxylic acids is 2. The summed E-state index contributed by atoms with van der Waals surface area (Å²) < 4.78 is 24.3. The van der Waals surface area contributed by atoms with Crippen molar-refractivity contribution in [1.29, 1.82) is 0 Å².